The van der Waals surface area contributed by atoms with Crippen LogP contribution >= 0.6 is 15.9 Å². The molecular formula is C16H18BrN3O2. The predicted molar refractivity (Wildman–Crippen MR) is 88.9 cm³/mol. The molecule has 2 amide bonds. The Morgan fingerprint density at radius 2 is 2.05 bits per heavy atom. The second-order valence-electron chi connectivity index (χ2n) is 6.47. The average Bonchev–Trinajstić information content (AvgIpc) is 3.30. The van der Waals surface area contributed by atoms with E-state index in [-0.39, 0.29) is 23.7 Å². The van der Waals surface area contributed by atoms with Gasteiger partial charge in [-0.25, -0.2) is 5.43 Å². The number of carbonyl (C=O) groups excluding carboxylic acids is 2. The number of hydrogen-bond acceptors (Lipinski definition) is 3. The van der Waals surface area contributed by atoms with Crippen molar-refractivity contribution < 1.29 is 9.59 Å². The summed E-state index contributed by atoms with van der Waals surface area (Å²) in [6.45, 7) is 3.77. The molecule has 3 rings (SSSR count). The number of fused-ring (bicyclic) bond motifs is 1. The molecule has 22 heavy (non-hydrogen) atoms. The summed E-state index contributed by atoms with van der Waals surface area (Å²) in [4.78, 5) is 23.6. The number of hydrogen-bond donors (Lipinski definition) is 2. The second kappa shape index (κ2) is 5.50. The highest BCUT2D eigenvalue weighted by Gasteiger charge is 2.49. The van der Waals surface area contributed by atoms with Gasteiger partial charge in [0.1, 0.15) is 0 Å². The first-order valence-corrected chi connectivity index (χ1v) is 8.40. The zero-order chi connectivity index (χ0) is 15.9. The first kappa shape index (κ1) is 15.2. The van der Waals surface area contributed by atoms with Crippen LogP contribution in [0.15, 0.2) is 29.4 Å². The Morgan fingerprint density at radius 3 is 2.68 bits per heavy atom. The van der Waals surface area contributed by atoms with Crippen LogP contribution in [0.25, 0.3) is 0 Å². The van der Waals surface area contributed by atoms with Gasteiger partial charge in [-0.2, -0.15) is 5.10 Å². The minimum absolute atomic E-state index is 0.0228. The molecule has 1 aromatic rings. The van der Waals surface area contributed by atoms with Crippen LogP contribution < -0.4 is 10.7 Å². The fraction of sp³-hybridized carbons (Fsp3) is 0.438. The van der Waals surface area contributed by atoms with E-state index in [1.807, 2.05) is 38.1 Å². The summed E-state index contributed by atoms with van der Waals surface area (Å²) >= 11 is 3.35. The van der Waals surface area contributed by atoms with Gasteiger partial charge >= 0.3 is 0 Å². The molecule has 0 saturated heterocycles. The number of carbonyl (C=O) groups is 2. The summed E-state index contributed by atoms with van der Waals surface area (Å²) in [7, 11) is 0. The number of halogens is 1. The van der Waals surface area contributed by atoms with E-state index in [2.05, 4.69) is 31.8 Å². The van der Waals surface area contributed by atoms with Crippen LogP contribution in [-0.4, -0.2) is 22.9 Å². The number of amides is 2. The van der Waals surface area contributed by atoms with E-state index < -0.39 is 5.41 Å². The van der Waals surface area contributed by atoms with Crippen LogP contribution in [0.3, 0.4) is 0 Å². The summed E-state index contributed by atoms with van der Waals surface area (Å²) in [5.41, 5.74) is 4.79. The average molecular weight is 364 g/mol. The molecule has 1 heterocycles. The maximum Gasteiger partial charge on any atom is 0.243 e. The lowest BCUT2D eigenvalue weighted by atomic mass is 9.95. The summed E-state index contributed by atoms with van der Waals surface area (Å²) in [5, 5.41) is 7.68. The highest BCUT2D eigenvalue weighted by atomic mass is 79.9. The molecule has 2 unspecified atom stereocenters. The molecule has 1 saturated carbocycles. The molecule has 2 atom stereocenters. The van der Waals surface area contributed by atoms with Gasteiger partial charge in [0, 0.05) is 22.9 Å². The number of benzene rings is 1. The zero-order valence-electron chi connectivity index (χ0n) is 12.5. The fourth-order valence-electron chi connectivity index (χ4n) is 2.43. The van der Waals surface area contributed by atoms with Crippen molar-refractivity contribution in [3.05, 3.63) is 29.8 Å². The maximum absolute atomic E-state index is 12.1. The van der Waals surface area contributed by atoms with Gasteiger partial charge in [-0.3, -0.25) is 9.59 Å². The van der Waals surface area contributed by atoms with Gasteiger partial charge in [-0.05, 0) is 24.1 Å². The first-order valence-electron chi connectivity index (χ1n) is 7.27. The number of nitrogens with zero attached hydrogens (tertiary/aromatic N) is 1. The van der Waals surface area contributed by atoms with Crippen molar-refractivity contribution in [1.82, 2.24) is 5.43 Å². The van der Waals surface area contributed by atoms with Crippen LogP contribution in [0.2, 0.25) is 0 Å². The van der Waals surface area contributed by atoms with E-state index >= 15 is 0 Å². The number of nitrogens with one attached hydrogen (secondary N) is 2. The largest absolute Gasteiger partial charge is 0.326 e. The van der Waals surface area contributed by atoms with Crippen molar-refractivity contribution in [2.75, 3.05) is 10.6 Å². The van der Waals surface area contributed by atoms with Gasteiger partial charge in [-0.1, -0.05) is 41.9 Å². The Labute approximate surface area is 137 Å². The van der Waals surface area contributed by atoms with E-state index in [9.17, 15) is 9.59 Å². The lowest BCUT2D eigenvalue weighted by Crippen LogP contribution is -2.32. The first-order chi connectivity index (χ1) is 10.4. The van der Waals surface area contributed by atoms with Crippen molar-refractivity contribution in [3.8, 4) is 0 Å². The van der Waals surface area contributed by atoms with E-state index in [1.165, 1.54) is 0 Å². The van der Waals surface area contributed by atoms with Crippen molar-refractivity contribution >= 4 is 39.1 Å². The Morgan fingerprint density at radius 1 is 1.36 bits per heavy atom. The van der Waals surface area contributed by atoms with Crippen LogP contribution in [0, 0.1) is 17.3 Å². The molecule has 0 radical (unpaired) electrons. The minimum atomic E-state index is -0.461. The van der Waals surface area contributed by atoms with Crippen LogP contribution in [0.5, 0.6) is 0 Å². The van der Waals surface area contributed by atoms with Crippen LogP contribution in [0.4, 0.5) is 5.69 Å². The number of hydrazone groups is 1. The normalized spacial score (nSPS) is 23.2. The van der Waals surface area contributed by atoms with Crippen molar-refractivity contribution in [2.24, 2.45) is 22.4 Å². The quantitative estimate of drug-likeness (QED) is 0.806. The Hall–Kier alpha value is -1.69. The second-order valence-corrected chi connectivity index (χ2v) is 7.03. The van der Waals surface area contributed by atoms with Gasteiger partial charge in [0.2, 0.25) is 11.8 Å². The van der Waals surface area contributed by atoms with E-state index in [1.54, 1.807) is 0 Å². The van der Waals surface area contributed by atoms with Crippen molar-refractivity contribution in [2.45, 2.75) is 20.3 Å². The molecular weight excluding hydrogens is 346 g/mol. The lowest BCUT2D eigenvalue weighted by Gasteiger charge is -2.20. The Bertz CT molecular complexity index is 652. The summed E-state index contributed by atoms with van der Waals surface area (Å²) in [6, 6.07) is 7.60. The molecule has 2 N–H and O–H groups in total. The van der Waals surface area contributed by atoms with Gasteiger partial charge in [0.15, 0.2) is 0 Å². The fourth-order valence-corrected chi connectivity index (χ4v) is 2.69. The number of rotatable bonds is 4. The molecule has 2 aliphatic rings. The standard InChI is InChI=1S/C16H18BrN3O2/c1-16(2,8-17)15(22)18-10-5-3-9(4-6-10)13-11-7-12(11)14(21)20-19-13/h3-6,11-12H,7-8H2,1-2H3,(H,18,22)(H,20,21). The molecule has 116 valence electrons. The summed E-state index contributed by atoms with van der Waals surface area (Å²) in [5.74, 6) is 0.337. The zero-order valence-corrected chi connectivity index (χ0v) is 14.1. The molecule has 1 fully saturated rings. The predicted octanol–water partition coefficient (Wildman–Crippen LogP) is 2.52. The van der Waals surface area contributed by atoms with E-state index in [0.717, 1.165) is 23.4 Å². The molecule has 0 aromatic heterocycles. The molecule has 0 bridgehead atoms. The third-order valence-corrected chi connectivity index (χ3v) is 5.55. The smallest absolute Gasteiger partial charge is 0.243 e. The van der Waals surface area contributed by atoms with Crippen molar-refractivity contribution in [3.63, 3.8) is 0 Å². The monoisotopic (exact) mass is 363 g/mol. The minimum Gasteiger partial charge on any atom is -0.326 e. The molecule has 6 heteroatoms. The molecule has 5 nitrogen and oxygen atoms in total. The van der Waals surface area contributed by atoms with Gasteiger partial charge in [0.25, 0.3) is 0 Å². The molecule has 1 aromatic carbocycles. The van der Waals surface area contributed by atoms with E-state index in [0.29, 0.717) is 5.33 Å². The Kier molecular flexibility index (Phi) is 3.80. The van der Waals surface area contributed by atoms with Crippen LogP contribution in [-0.2, 0) is 9.59 Å². The third kappa shape index (κ3) is 2.79. The lowest BCUT2D eigenvalue weighted by molar-refractivity contribution is -0.123. The van der Waals surface area contributed by atoms with Gasteiger partial charge in [-0.15, -0.1) is 0 Å². The van der Waals surface area contributed by atoms with Gasteiger partial charge in [0.05, 0.1) is 11.1 Å². The van der Waals surface area contributed by atoms with Crippen molar-refractivity contribution in [1.29, 1.82) is 0 Å². The number of anilines is 1. The number of alkyl halides is 1. The highest BCUT2D eigenvalue weighted by molar-refractivity contribution is 9.09. The summed E-state index contributed by atoms with van der Waals surface area (Å²) < 4.78 is 0. The molecule has 1 aliphatic carbocycles. The Balaban J connectivity index is 1.71. The topological polar surface area (TPSA) is 70.6 Å². The van der Waals surface area contributed by atoms with Crippen LogP contribution in [0.1, 0.15) is 25.8 Å². The maximum atomic E-state index is 12.1. The third-order valence-electron chi connectivity index (χ3n) is 4.15. The SMILES string of the molecule is CC(C)(CBr)C(=O)Nc1ccc(C2=NNC(=O)C3CC23)cc1. The van der Waals surface area contributed by atoms with E-state index in [4.69, 9.17) is 0 Å². The summed E-state index contributed by atoms with van der Waals surface area (Å²) in [6.07, 6.45) is 0.878. The van der Waals surface area contributed by atoms with Gasteiger partial charge < -0.3 is 5.32 Å². The highest BCUT2D eigenvalue weighted by Crippen LogP contribution is 2.43. The molecule has 0 spiro atoms. The molecule has 1 aliphatic heterocycles.